The van der Waals surface area contributed by atoms with Crippen LogP contribution in [0.25, 0.3) is 0 Å². The minimum absolute atomic E-state index is 0.167. The van der Waals surface area contributed by atoms with Gasteiger partial charge in [-0.3, -0.25) is 4.21 Å². The van der Waals surface area contributed by atoms with Crippen molar-refractivity contribution < 1.29 is 4.21 Å². The van der Waals surface area contributed by atoms with Crippen molar-refractivity contribution >= 4 is 10.8 Å². The molecule has 0 aromatic heterocycles. The van der Waals surface area contributed by atoms with Crippen molar-refractivity contribution in [1.82, 2.24) is 5.32 Å². The Labute approximate surface area is 107 Å². The van der Waals surface area contributed by atoms with Crippen LogP contribution in [0.4, 0.5) is 0 Å². The molecule has 1 aromatic rings. The predicted molar refractivity (Wildman–Crippen MR) is 75.7 cm³/mol. The first kappa shape index (κ1) is 14.4. The Kier molecular flexibility index (Phi) is 5.34. The molecular formula is C14H23NOS. The molecule has 3 heteroatoms. The molecule has 0 saturated heterocycles. The summed E-state index contributed by atoms with van der Waals surface area (Å²) in [6.45, 7) is 8.28. The van der Waals surface area contributed by atoms with Crippen LogP contribution >= 0.6 is 0 Å². The molecule has 0 spiro atoms. The summed E-state index contributed by atoms with van der Waals surface area (Å²) in [7, 11) is 1.09. The maximum Gasteiger partial charge on any atom is 0.0489 e. The Morgan fingerprint density at radius 2 is 1.71 bits per heavy atom. The Morgan fingerprint density at radius 1 is 1.18 bits per heavy atom. The van der Waals surface area contributed by atoms with Gasteiger partial charge in [0.2, 0.25) is 0 Å². The van der Waals surface area contributed by atoms with E-state index in [0.29, 0.717) is 5.75 Å². The molecule has 96 valence electrons. The second kappa shape index (κ2) is 6.31. The van der Waals surface area contributed by atoms with Gasteiger partial charge in [0.05, 0.1) is 0 Å². The van der Waals surface area contributed by atoms with Gasteiger partial charge >= 0.3 is 0 Å². The van der Waals surface area contributed by atoms with Crippen LogP contribution in [0.15, 0.2) is 18.2 Å². The fourth-order valence-electron chi connectivity index (χ4n) is 1.91. The van der Waals surface area contributed by atoms with E-state index in [2.05, 4.69) is 44.3 Å². The van der Waals surface area contributed by atoms with E-state index in [1.54, 1.807) is 0 Å². The highest BCUT2D eigenvalue weighted by Crippen LogP contribution is 2.14. The topological polar surface area (TPSA) is 29.1 Å². The van der Waals surface area contributed by atoms with Gasteiger partial charge in [-0.15, -0.1) is 0 Å². The molecule has 2 nitrogen and oxygen atoms in total. The van der Waals surface area contributed by atoms with Gasteiger partial charge in [-0.25, -0.2) is 0 Å². The van der Waals surface area contributed by atoms with E-state index in [-0.39, 0.29) is 11.3 Å². The summed E-state index contributed by atoms with van der Waals surface area (Å²) in [4.78, 5) is 0. The molecule has 0 radical (unpaired) electrons. The maximum absolute atomic E-state index is 12.2. The number of aryl methyl sites for hydroxylation is 2. The van der Waals surface area contributed by atoms with Crippen LogP contribution < -0.4 is 5.32 Å². The number of hydrogen-bond donors (Lipinski definition) is 1. The minimum atomic E-state index is -0.825. The monoisotopic (exact) mass is 253 g/mol. The summed E-state index contributed by atoms with van der Waals surface area (Å²) < 4.78 is 12.2. The number of benzene rings is 1. The zero-order valence-electron chi connectivity index (χ0n) is 11.4. The molecule has 1 N–H and O–H groups in total. The Balaban J connectivity index is 2.74. The minimum Gasteiger partial charge on any atom is -0.316 e. The molecule has 0 heterocycles. The fourth-order valence-corrected chi connectivity index (χ4v) is 3.26. The van der Waals surface area contributed by atoms with Crippen molar-refractivity contribution in [3.05, 3.63) is 34.9 Å². The van der Waals surface area contributed by atoms with Gasteiger partial charge in [0.1, 0.15) is 0 Å². The smallest absolute Gasteiger partial charge is 0.0489 e. The third-order valence-electron chi connectivity index (χ3n) is 3.16. The zero-order valence-corrected chi connectivity index (χ0v) is 12.2. The summed E-state index contributed by atoms with van der Waals surface area (Å²) in [6.07, 6.45) is 0. The number of rotatable bonds is 5. The van der Waals surface area contributed by atoms with Crippen LogP contribution in [0.3, 0.4) is 0 Å². The normalized spacial score (nSPS) is 16.5. The predicted octanol–water partition coefficient (Wildman–Crippen LogP) is 2.55. The molecule has 0 amide bonds. The lowest BCUT2D eigenvalue weighted by Crippen LogP contribution is -2.36. The quantitative estimate of drug-likeness (QED) is 0.874. The van der Waals surface area contributed by atoms with Gasteiger partial charge in [0.15, 0.2) is 0 Å². The van der Waals surface area contributed by atoms with Crippen molar-refractivity contribution in [2.75, 3.05) is 7.05 Å². The van der Waals surface area contributed by atoms with E-state index in [1.165, 1.54) is 16.7 Å². The van der Waals surface area contributed by atoms with Crippen molar-refractivity contribution in [3.63, 3.8) is 0 Å². The second-order valence-corrected chi connectivity index (χ2v) is 6.60. The first-order chi connectivity index (χ1) is 7.93. The van der Waals surface area contributed by atoms with Gasteiger partial charge in [0.25, 0.3) is 0 Å². The molecule has 0 aliphatic carbocycles. The molecule has 1 aromatic carbocycles. The third kappa shape index (κ3) is 4.25. The SMILES string of the molecule is CNC(C)C(C)S(=O)Cc1cc(C)cc(C)c1. The second-order valence-electron chi connectivity index (χ2n) is 4.80. The summed E-state index contributed by atoms with van der Waals surface area (Å²) in [5.74, 6) is 0.649. The lowest BCUT2D eigenvalue weighted by molar-refractivity contribution is 0.583. The van der Waals surface area contributed by atoms with E-state index in [1.807, 2.05) is 14.0 Å². The molecule has 0 saturated carbocycles. The average Bonchev–Trinajstić information content (AvgIpc) is 2.25. The first-order valence-corrected chi connectivity index (χ1v) is 7.44. The van der Waals surface area contributed by atoms with Crippen molar-refractivity contribution in [2.45, 2.75) is 44.7 Å². The van der Waals surface area contributed by atoms with Crippen molar-refractivity contribution in [1.29, 1.82) is 0 Å². The summed E-state index contributed by atoms with van der Waals surface area (Å²) in [5, 5.41) is 3.33. The highest BCUT2D eigenvalue weighted by Gasteiger charge is 2.17. The van der Waals surface area contributed by atoms with Crippen LogP contribution in [-0.4, -0.2) is 22.5 Å². The average molecular weight is 253 g/mol. The van der Waals surface area contributed by atoms with Gasteiger partial charge in [0, 0.05) is 27.8 Å². The van der Waals surface area contributed by atoms with E-state index in [9.17, 15) is 4.21 Å². The van der Waals surface area contributed by atoms with Gasteiger partial charge in [-0.2, -0.15) is 0 Å². The van der Waals surface area contributed by atoms with Crippen molar-refractivity contribution in [3.8, 4) is 0 Å². The number of hydrogen-bond acceptors (Lipinski definition) is 2. The standard InChI is InChI=1S/C14H23NOS/c1-10-6-11(2)8-14(7-10)9-17(16)13(4)12(3)15-5/h6-8,12-13,15H,9H2,1-5H3. The Morgan fingerprint density at radius 3 is 2.18 bits per heavy atom. The van der Waals surface area contributed by atoms with Crippen molar-refractivity contribution in [2.24, 2.45) is 0 Å². The molecule has 17 heavy (non-hydrogen) atoms. The molecule has 3 atom stereocenters. The molecule has 3 unspecified atom stereocenters. The highest BCUT2D eigenvalue weighted by molar-refractivity contribution is 7.84. The highest BCUT2D eigenvalue weighted by atomic mass is 32.2. The third-order valence-corrected chi connectivity index (χ3v) is 5.02. The van der Waals surface area contributed by atoms with Crippen LogP contribution in [0.2, 0.25) is 0 Å². The van der Waals surface area contributed by atoms with Crippen LogP contribution in [-0.2, 0) is 16.6 Å². The zero-order chi connectivity index (χ0) is 13.0. The maximum atomic E-state index is 12.2. The lowest BCUT2D eigenvalue weighted by Gasteiger charge is -2.19. The van der Waals surface area contributed by atoms with E-state index >= 15 is 0 Å². The van der Waals surface area contributed by atoms with Gasteiger partial charge in [-0.05, 0) is 40.3 Å². The summed E-state index contributed by atoms with van der Waals surface area (Å²) >= 11 is 0. The molecule has 0 fully saturated rings. The Bertz CT molecular complexity index is 383. The largest absolute Gasteiger partial charge is 0.316 e. The molecule has 0 aliphatic heterocycles. The summed E-state index contributed by atoms with van der Waals surface area (Å²) in [6, 6.07) is 6.68. The Hall–Kier alpha value is -0.670. The van der Waals surface area contributed by atoms with Gasteiger partial charge in [-0.1, -0.05) is 29.3 Å². The first-order valence-electron chi connectivity index (χ1n) is 6.05. The van der Waals surface area contributed by atoms with Crippen LogP contribution in [0.1, 0.15) is 30.5 Å². The summed E-state index contributed by atoms with van der Waals surface area (Å²) in [5.41, 5.74) is 3.66. The number of nitrogens with one attached hydrogen (secondary N) is 1. The fraction of sp³-hybridized carbons (Fsp3) is 0.571. The molecular weight excluding hydrogens is 230 g/mol. The van der Waals surface area contributed by atoms with E-state index in [0.717, 1.165) is 0 Å². The van der Waals surface area contributed by atoms with Crippen LogP contribution in [0.5, 0.6) is 0 Å². The van der Waals surface area contributed by atoms with E-state index in [4.69, 9.17) is 0 Å². The lowest BCUT2D eigenvalue weighted by atomic mass is 10.1. The van der Waals surface area contributed by atoms with Gasteiger partial charge < -0.3 is 5.32 Å². The molecule has 0 aliphatic rings. The molecule has 0 bridgehead atoms. The van der Waals surface area contributed by atoms with Crippen LogP contribution in [0, 0.1) is 13.8 Å². The molecule has 1 rings (SSSR count). The van der Waals surface area contributed by atoms with E-state index < -0.39 is 10.8 Å².